The van der Waals surface area contributed by atoms with Crippen LogP contribution in [0.2, 0.25) is 0 Å². The van der Waals surface area contributed by atoms with Gasteiger partial charge < -0.3 is 14.9 Å². The largest absolute Gasteiger partial charge is 0.504 e. The first-order chi connectivity index (χ1) is 8.52. The summed E-state index contributed by atoms with van der Waals surface area (Å²) >= 11 is 0. The highest BCUT2D eigenvalue weighted by Gasteiger charge is 2.15. The normalized spacial score (nSPS) is 10.3. The highest BCUT2D eigenvalue weighted by molar-refractivity contribution is 5.87. The van der Waals surface area contributed by atoms with Gasteiger partial charge in [0.2, 0.25) is 0 Å². The number of aryl methyl sites for hydroxylation is 1. The van der Waals surface area contributed by atoms with Crippen molar-refractivity contribution in [1.82, 2.24) is 10.2 Å². The number of ether oxygens (including phenoxy) is 1. The fraction of sp³-hybridized carbons (Fsp3) is 0.167. The molecule has 0 radical (unpaired) electrons. The number of aromatic nitrogens is 2. The quantitative estimate of drug-likeness (QED) is 0.769. The number of nitrogens with one attached hydrogen (secondary N) is 1. The number of hydrogen-bond donors (Lipinski definition) is 3. The Kier molecular flexibility index (Phi) is 2.93. The topological polar surface area (TPSA) is 95.4 Å². The van der Waals surface area contributed by atoms with Crippen LogP contribution in [0.25, 0.3) is 11.3 Å². The van der Waals surface area contributed by atoms with E-state index in [9.17, 15) is 9.90 Å². The molecule has 1 aromatic heterocycles. The van der Waals surface area contributed by atoms with Crippen LogP contribution in [-0.4, -0.2) is 33.5 Å². The molecule has 0 saturated carbocycles. The summed E-state index contributed by atoms with van der Waals surface area (Å²) in [5.74, 6) is -0.843. The number of rotatable bonds is 3. The van der Waals surface area contributed by atoms with Crippen LogP contribution in [0.1, 0.15) is 16.1 Å². The third-order valence-corrected chi connectivity index (χ3v) is 2.52. The second-order valence-corrected chi connectivity index (χ2v) is 3.84. The first-order valence-electron chi connectivity index (χ1n) is 5.19. The molecular formula is C12H12N2O4. The molecule has 0 aliphatic carbocycles. The molecule has 0 aliphatic heterocycles. The fourth-order valence-corrected chi connectivity index (χ4v) is 1.67. The van der Waals surface area contributed by atoms with Crippen molar-refractivity contribution in [3.8, 4) is 22.8 Å². The number of nitrogens with zero attached hydrogens (tertiary/aromatic N) is 1. The van der Waals surface area contributed by atoms with E-state index in [1.165, 1.54) is 13.2 Å². The van der Waals surface area contributed by atoms with E-state index in [0.29, 0.717) is 17.0 Å². The monoisotopic (exact) mass is 248 g/mol. The first-order valence-corrected chi connectivity index (χ1v) is 5.19. The Morgan fingerprint density at radius 3 is 2.67 bits per heavy atom. The number of phenolic OH excluding ortho intramolecular Hbond substituents is 1. The summed E-state index contributed by atoms with van der Waals surface area (Å²) in [5, 5.41) is 25.0. The van der Waals surface area contributed by atoms with Gasteiger partial charge in [0.25, 0.3) is 0 Å². The van der Waals surface area contributed by atoms with Crippen LogP contribution in [0.4, 0.5) is 0 Å². The molecule has 18 heavy (non-hydrogen) atoms. The Morgan fingerprint density at radius 2 is 2.11 bits per heavy atom. The Bertz CT molecular complexity index is 604. The van der Waals surface area contributed by atoms with Crippen LogP contribution in [0, 0.1) is 6.92 Å². The molecule has 0 unspecified atom stereocenters. The molecule has 2 rings (SSSR count). The van der Waals surface area contributed by atoms with E-state index in [4.69, 9.17) is 9.84 Å². The summed E-state index contributed by atoms with van der Waals surface area (Å²) in [6, 6.07) is 4.75. The van der Waals surface area contributed by atoms with Gasteiger partial charge in [-0.2, -0.15) is 5.10 Å². The number of aromatic amines is 1. The van der Waals surface area contributed by atoms with Crippen LogP contribution in [0.3, 0.4) is 0 Å². The van der Waals surface area contributed by atoms with Gasteiger partial charge in [-0.25, -0.2) is 4.79 Å². The van der Waals surface area contributed by atoms with E-state index in [-0.39, 0.29) is 11.4 Å². The summed E-state index contributed by atoms with van der Waals surface area (Å²) < 4.78 is 5.04. The smallest absolute Gasteiger partial charge is 0.353 e. The highest BCUT2D eigenvalue weighted by Crippen LogP contribution is 2.37. The van der Waals surface area contributed by atoms with Gasteiger partial charge >= 0.3 is 5.97 Å². The van der Waals surface area contributed by atoms with Gasteiger partial charge in [0, 0.05) is 5.56 Å². The lowest BCUT2D eigenvalue weighted by Gasteiger charge is -2.08. The van der Waals surface area contributed by atoms with E-state index in [1.54, 1.807) is 12.1 Å². The van der Waals surface area contributed by atoms with Crippen molar-refractivity contribution in [2.24, 2.45) is 0 Å². The Labute approximate surface area is 103 Å². The summed E-state index contributed by atoms with van der Waals surface area (Å²) in [6.45, 7) is 1.84. The molecule has 94 valence electrons. The molecule has 2 aromatic rings. The van der Waals surface area contributed by atoms with Crippen LogP contribution < -0.4 is 4.74 Å². The number of methoxy groups -OCH3 is 1. The summed E-state index contributed by atoms with van der Waals surface area (Å²) in [5.41, 5.74) is 1.62. The van der Waals surface area contributed by atoms with Gasteiger partial charge in [-0.1, -0.05) is 0 Å². The van der Waals surface area contributed by atoms with Gasteiger partial charge in [-0.05, 0) is 30.7 Å². The zero-order valence-electron chi connectivity index (χ0n) is 9.89. The second kappa shape index (κ2) is 4.40. The maximum absolute atomic E-state index is 10.8. The van der Waals surface area contributed by atoms with Crippen molar-refractivity contribution in [2.45, 2.75) is 6.92 Å². The van der Waals surface area contributed by atoms with Crippen LogP contribution >= 0.6 is 0 Å². The molecule has 1 heterocycles. The average molecular weight is 248 g/mol. The van der Waals surface area contributed by atoms with Crippen molar-refractivity contribution in [3.05, 3.63) is 29.5 Å². The van der Waals surface area contributed by atoms with Gasteiger partial charge in [0.05, 0.1) is 12.8 Å². The van der Waals surface area contributed by atoms with E-state index in [0.717, 1.165) is 5.56 Å². The van der Waals surface area contributed by atoms with Crippen molar-refractivity contribution < 1.29 is 19.7 Å². The minimum Gasteiger partial charge on any atom is -0.504 e. The number of H-pyrrole nitrogens is 1. The number of benzene rings is 1. The maximum Gasteiger partial charge on any atom is 0.353 e. The third kappa shape index (κ3) is 2.00. The lowest BCUT2D eigenvalue weighted by molar-refractivity contribution is 0.0690. The molecule has 0 atom stereocenters. The van der Waals surface area contributed by atoms with Gasteiger partial charge in [-0.15, -0.1) is 0 Å². The Balaban J connectivity index is 2.55. The number of carboxylic acids is 1. The standard InChI is InChI=1S/C12H12N2O4/c1-6-3-7(11(15)10(4-6)18-2)8-5-9(12(16)17)14-13-8/h3-5,15H,1-2H3,(H,13,14)(H,16,17). The fourth-order valence-electron chi connectivity index (χ4n) is 1.67. The van der Waals surface area contributed by atoms with E-state index in [1.807, 2.05) is 6.92 Å². The number of aromatic hydroxyl groups is 1. The lowest BCUT2D eigenvalue weighted by Crippen LogP contribution is -1.95. The molecule has 0 aliphatic rings. The molecule has 0 bridgehead atoms. The van der Waals surface area contributed by atoms with Gasteiger partial charge in [-0.3, -0.25) is 5.10 Å². The van der Waals surface area contributed by atoms with Gasteiger partial charge in [0.15, 0.2) is 11.5 Å². The van der Waals surface area contributed by atoms with Crippen molar-refractivity contribution in [3.63, 3.8) is 0 Å². The van der Waals surface area contributed by atoms with Crippen molar-refractivity contribution in [1.29, 1.82) is 0 Å². The molecule has 3 N–H and O–H groups in total. The first kappa shape index (κ1) is 12.0. The summed E-state index contributed by atoms with van der Waals surface area (Å²) in [7, 11) is 1.45. The van der Waals surface area contributed by atoms with Crippen LogP contribution in [0.15, 0.2) is 18.2 Å². The predicted octanol–water partition coefficient (Wildman–Crippen LogP) is 1.80. The number of hydrogen-bond acceptors (Lipinski definition) is 4. The van der Waals surface area contributed by atoms with Gasteiger partial charge in [0.1, 0.15) is 5.69 Å². The number of carbonyl (C=O) groups is 1. The second-order valence-electron chi connectivity index (χ2n) is 3.84. The summed E-state index contributed by atoms with van der Waals surface area (Å²) in [6.07, 6.45) is 0. The number of aromatic carboxylic acids is 1. The molecule has 0 spiro atoms. The minimum absolute atomic E-state index is 0.0372. The number of carboxylic acid groups (broad SMARTS) is 1. The predicted molar refractivity (Wildman–Crippen MR) is 63.9 cm³/mol. The number of phenols is 1. The molecule has 0 saturated heterocycles. The van der Waals surface area contributed by atoms with Crippen LogP contribution in [-0.2, 0) is 0 Å². The molecule has 0 amide bonds. The molecule has 0 fully saturated rings. The average Bonchev–Trinajstić information content (AvgIpc) is 2.81. The minimum atomic E-state index is -1.10. The van der Waals surface area contributed by atoms with Crippen molar-refractivity contribution in [2.75, 3.05) is 7.11 Å². The highest BCUT2D eigenvalue weighted by atomic mass is 16.5. The third-order valence-electron chi connectivity index (χ3n) is 2.52. The maximum atomic E-state index is 10.8. The lowest BCUT2D eigenvalue weighted by atomic mass is 10.1. The Hall–Kier alpha value is -2.50. The zero-order chi connectivity index (χ0) is 13.3. The SMILES string of the molecule is COc1cc(C)cc(-c2cc(C(=O)O)[nH]n2)c1O. The van der Waals surface area contributed by atoms with E-state index < -0.39 is 5.97 Å². The molecular weight excluding hydrogens is 236 g/mol. The molecule has 6 nitrogen and oxygen atoms in total. The summed E-state index contributed by atoms with van der Waals surface area (Å²) in [4.78, 5) is 10.8. The van der Waals surface area contributed by atoms with Crippen molar-refractivity contribution >= 4 is 5.97 Å². The molecule has 6 heteroatoms. The zero-order valence-corrected chi connectivity index (χ0v) is 9.89. The van der Waals surface area contributed by atoms with E-state index in [2.05, 4.69) is 10.2 Å². The van der Waals surface area contributed by atoms with E-state index >= 15 is 0 Å². The Morgan fingerprint density at radius 1 is 1.39 bits per heavy atom. The molecule has 1 aromatic carbocycles. The van der Waals surface area contributed by atoms with Crippen LogP contribution in [0.5, 0.6) is 11.5 Å².